The maximum Gasteiger partial charge on any atom is 0.189 e. The summed E-state index contributed by atoms with van der Waals surface area (Å²) < 4.78 is 7.24. The molecule has 2 aromatic rings. The minimum atomic E-state index is -0.158. The molecule has 1 saturated heterocycles. The molecule has 1 atom stereocenters. The monoisotopic (exact) mass is 308 g/mol. The Kier molecular flexibility index (Phi) is 3.62. The highest BCUT2D eigenvalue weighted by atomic mass is 35.5. The normalized spacial score (nSPS) is 18.1. The Morgan fingerprint density at radius 1 is 1.35 bits per heavy atom. The Hall–Kier alpha value is -1.61. The molecule has 0 spiro atoms. The van der Waals surface area contributed by atoms with Gasteiger partial charge < -0.3 is 4.74 Å². The molecule has 102 valence electrons. The van der Waals surface area contributed by atoms with E-state index in [0.29, 0.717) is 28.0 Å². The van der Waals surface area contributed by atoms with Crippen molar-refractivity contribution in [3.8, 4) is 11.8 Å². The van der Waals surface area contributed by atoms with Crippen LogP contribution in [0.2, 0.25) is 10.0 Å². The van der Waals surface area contributed by atoms with Crippen molar-refractivity contribution in [1.82, 2.24) is 15.0 Å². The van der Waals surface area contributed by atoms with Crippen LogP contribution in [0.1, 0.15) is 30.3 Å². The van der Waals surface area contributed by atoms with Gasteiger partial charge in [0.1, 0.15) is 17.9 Å². The molecule has 0 amide bonds. The quantitative estimate of drug-likeness (QED) is 0.854. The zero-order valence-electron chi connectivity index (χ0n) is 10.4. The van der Waals surface area contributed by atoms with Crippen molar-refractivity contribution >= 4 is 23.2 Å². The van der Waals surface area contributed by atoms with E-state index in [1.807, 2.05) is 0 Å². The smallest absolute Gasteiger partial charge is 0.189 e. The summed E-state index contributed by atoms with van der Waals surface area (Å²) in [4.78, 5) is 0. The van der Waals surface area contributed by atoms with E-state index in [0.717, 1.165) is 12.8 Å². The molecule has 0 N–H and O–H groups in total. The number of hydrogen-bond donors (Lipinski definition) is 0. The van der Waals surface area contributed by atoms with Crippen molar-refractivity contribution in [3.63, 3.8) is 0 Å². The average molecular weight is 309 g/mol. The Labute approximate surface area is 125 Å². The number of rotatable bonds is 2. The third-order valence-electron chi connectivity index (χ3n) is 3.19. The number of nitrogens with zero attached hydrogens (tertiary/aromatic N) is 4. The Balaban J connectivity index is 2.11. The standard InChI is InChI=1S/C13H10Cl2N4O/c14-9-4-3-8(6-10(9)15)19-13(11(7-16)17-18-19)12-2-1-5-20-12/h3-4,6,12H,1-2,5H2. The first-order chi connectivity index (χ1) is 9.70. The highest BCUT2D eigenvalue weighted by Crippen LogP contribution is 2.32. The molecule has 0 aliphatic carbocycles. The zero-order valence-corrected chi connectivity index (χ0v) is 11.9. The van der Waals surface area contributed by atoms with Gasteiger partial charge in [0.15, 0.2) is 5.69 Å². The number of hydrogen-bond acceptors (Lipinski definition) is 4. The lowest BCUT2D eigenvalue weighted by atomic mass is 10.1. The molecule has 7 heteroatoms. The lowest BCUT2D eigenvalue weighted by molar-refractivity contribution is 0.106. The fourth-order valence-corrected chi connectivity index (χ4v) is 2.55. The lowest BCUT2D eigenvalue weighted by Crippen LogP contribution is -2.08. The third kappa shape index (κ3) is 2.27. The Morgan fingerprint density at radius 2 is 2.20 bits per heavy atom. The molecular weight excluding hydrogens is 299 g/mol. The van der Waals surface area contributed by atoms with Crippen LogP contribution in [-0.2, 0) is 4.74 Å². The molecule has 0 radical (unpaired) electrons. The summed E-state index contributed by atoms with van der Waals surface area (Å²) in [6, 6.07) is 7.21. The fourth-order valence-electron chi connectivity index (χ4n) is 2.26. The van der Waals surface area contributed by atoms with Crippen molar-refractivity contribution in [2.24, 2.45) is 0 Å². The molecular formula is C13H10Cl2N4O. The topological polar surface area (TPSA) is 63.7 Å². The summed E-state index contributed by atoms with van der Waals surface area (Å²) >= 11 is 11.9. The lowest BCUT2D eigenvalue weighted by Gasteiger charge is -2.12. The van der Waals surface area contributed by atoms with Crippen molar-refractivity contribution in [3.05, 3.63) is 39.6 Å². The van der Waals surface area contributed by atoms with E-state index in [-0.39, 0.29) is 11.8 Å². The number of ether oxygens (including phenoxy) is 1. The number of aromatic nitrogens is 3. The first-order valence-corrected chi connectivity index (χ1v) is 6.89. The van der Waals surface area contributed by atoms with Crippen molar-refractivity contribution in [2.75, 3.05) is 6.61 Å². The summed E-state index contributed by atoms with van der Waals surface area (Å²) in [6.45, 7) is 0.683. The third-order valence-corrected chi connectivity index (χ3v) is 3.93. The van der Waals surface area contributed by atoms with Crippen LogP contribution < -0.4 is 0 Å². The van der Waals surface area contributed by atoms with Gasteiger partial charge in [0, 0.05) is 6.61 Å². The maximum absolute atomic E-state index is 9.17. The van der Waals surface area contributed by atoms with Gasteiger partial charge in [-0.2, -0.15) is 5.26 Å². The van der Waals surface area contributed by atoms with Gasteiger partial charge in [-0.1, -0.05) is 28.4 Å². The first kappa shape index (κ1) is 13.4. The summed E-state index contributed by atoms with van der Waals surface area (Å²) in [5.74, 6) is 0. The van der Waals surface area contributed by atoms with Crippen molar-refractivity contribution in [1.29, 1.82) is 5.26 Å². The zero-order chi connectivity index (χ0) is 14.1. The molecule has 1 aromatic carbocycles. The van der Waals surface area contributed by atoms with Gasteiger partial charge in [0.25, 0.3) is 0 Å². The molecule has 1 aromatic heterocycles. The molecule has 5 nitrogen and oxygen atoms in total. The van der Waals surface area contributed by atoms with Crippen LogP contribution in [-0.4, -0.2) is 21.6 Å². The number of halogens is 2. The molecule has 0 saturated carbocycles. The molecule has 1 aliphatic heterocycles. The van der Waals surface area contributed by atoms with E-state index in [1.165, 1.54) is 0 Å². The average Bonchev–Trinajstić information content (AvgIpc) is 3.09. The fraction of sp³-hybridized carbons (Fsp3) is 0.308. The molecule has 1 fully saturated rings. The van der Waals surface area contributed by atoms with Crippen LogP contribution >= 0.6 is 23.2 Å². The number of nitriles is 1. The van der Waals surface area contributed by atoms with E-state index in [2.05, 4.69) is 16.4 Å². The van der Waals surface area contributed by atoms with Gasteiger partial charge in [0.2, 0.25) is 0 Å². The molecule has 2 heterocycles. The maximum atomic E-state index is 9.17. The predicted octanol–water partition coefficient (Wildman–Crippen LogP) is 3.30. The van der Waals surface area contributed by atoms with E-state index < -0.39 is 0 Å². The molecule has 0 bridgehead atoms. The van der Waals surface area contributed by atoms with Crippen molar-refractivity contribution in [2.45, 2.75) is 18.9 Å². The van der Waals surface area contributed by atoms with E-state index >= 15 is 0 Å². The van der Waals surface area contributed by atoms with Gasteiger partial charge in [-0.15, -0.1) is 5.10 Å². The Bertz CT molecular complexity index is 686. The SMILES string of the molecule is N#Cc1nnn(-c2ccc(Cl)c(Cl)c2)c1C1CCCO1. The second-order valence-electron chi connectivity index (χ2n) is 4.45. The highest BCUT2D eigenvalue weighted by Gasteiger charge is 2.27. The van der Waals surface area contributed by atoms with Gasteiger partial charge in [-0.3, -0.25) is 0 Å². The van der Waals surface area contributed by atoms with Gasteiger partial charge >= 0.3 is 0 Å². The van der Waals surface area contributed by atoms with Crippen LogP contribution in [0.25, 0.3) is 5.69 Å². The highest BCUT2D eigenvalue weighted by molar-refractivity contribution is 6.42. The van der Waals surface area contributed by atoms with Crippen LogP contribution in [0.4, 0.5) is 0 Å². The summed E-state index contributed by atoms with van der Waals surface area (Å²) in [6.07, 6.45) is 1.65. The molecule has 1 aliphatic rings. The van der Waals surface area contributed by atoms with Gasteiger partial charge in [-0.25, -0.2) is 4.68 Å². The van der Waals surface area contributed by atoms with E-state index in [9.17, 15) is 0 Å². The van der Waals surface area contributed by atoms with Gasteiger partial charge in [-0.05, 0) is 31.0 Å². The van der Waals surface area contributed by atoms with Gasteiger partial charge in [0.05, 0.1) is 15.7 Å². The molecule has 3 rings (SSSR count). The van der Waals surface area contributed by atoms with E-state index in [1.54, 1.807) is 22.9 Å². The summed E-state index contributed by atoms with van der Waals surface area (Å²) in [5, 5.41) is 18.0. The first-order valence-electron chi connectivity index (χ1n) is 6.13. The second-order valence-corrected chi connectivity index (χ2v) is 5.26. The van der Waals surface area contributed by atoms with Crippen LogP contribution in [0.15, 0.2) is 18.2 Å². The molecule has 20 heavy (non-hydrogen) atoms. The summed E-state index contributed by atoms with van der Waals surface area (Å²) in [5.41, 5.74) is 1.66. The molecule has 1 unspecified atom stereocenters. The largest absolute Gasteiger partial charge is 0.372 e. The second kappa shape index (κ2) is 5.41. The van der Waals surface area contributed by atoms with Crippen LogP contribution in [0.3, 0.4) is 0 Å². The van der Waals surface area contributed by atoms with Crippen molar-refractivity contribution < 1.29 is 4.74 Å². The van der Waals surface area contributed by atoms with Crippen LogP contribution in [0, 0.1) is 11.3 Å². The minimum absolute atomic E-state index is 0.158. The minimum Gasteiger partial charge on any atom is -0.372 e. The van der Waals surface area contributed by atoms with Crippen LogP contribution in [0.5, 0.6) is 0 Å². The number of benzene rings is 1. The van der Waals surface area contributed by atoms with E-state index in [4.69, 9.17) is 33.2 Å². The Morgan fingerprint density at radius 3 is 2.85 bits per heavy atom. The predicted molar refractivity (Wildman–Crippen MR) is 74.0 cm³/mol. The summed E-state index contributed by atoms with van der Waals surface area (Å²) in [7, 11) is 0.